The van der Waals surface area contributed by atoms with Crippen LogP contribution in [0, 0.1) is 13.8 Å². The van der Waals surface area contributed by atoms with Crippen LogP contribution in [-0.4, -0.2) is 33.2 Å². The molecule has 0 saturated carbocycles. The van der Waals surface area contributed by atoms with E-state index < -0.39 is 0 Å². The fourth-order valence-electron chi connectivity index (χ4n) is 2.48. The number of carbonyl (C=O) groups is 1. The molecule has 0 fully saturated rings. The number of anilines is 1. The fraction of sp³-hybridized carbons (Fsp3) is 0.222. The van der Waals surface area contributed by atoms with Crippen molar-refractivity contribution < 1.29 is 9.53 Å². The highest BCUT2D eigenvalue weighted by molar-refractivity contribution is 5.92. The number of aromatic nitrogens is 4. The van der Waals surface area contributed by atoms with Gasteiger partial charge in [-0.15, -0.1) is 5.10 Å². The fourth-order valence-corrected chi connectivity index (χ4v) is 2.48. The van der Waals surface area contributed by atoms with Crippen molar-refractivity contribution in [2.75, 3.05) is 12.4 Å². The van der Waals surface area contributed by atoms with Crippen molar-refractivity contribution in [3.05, 3.63) is 59.4 Å². The van der Waals surface area contributed by atoms with E-state index in [0.717, 1.165) is 5.56 Å². The van der Waals surface area contributed by atoms with Gasteiger partial charge in [0.15, 0.2) is 5.82 Å². The molecule has 0 atom stereocenters. The van der Waals surface area contributed by atoms with Crippen molar-refractivity contribution in [2.24, 2.45) is 0 Å². The largest absolute Gasteiger partial charge is 0.494 e. The van der Waals surface area contributed by atoms with Crippen LogP contribution in [0.4, 0.5) is 5.69 Å². The molecule has 0 spiro atoms. The number of benzene rings is 2. The lowest BCUT2D eigenvalue weighted by atomic mass is 10.1. The molecule has 0 saturated heterocycles. The Hall–Kier alpha value is -3.22. The summed E-state index contributed by atoms with van der Waals surface area (Å²) < 4.78 is 6.93. The van der Waals surface area contributed by atoms with Crippen LogP contribution in [0.3, 0.4) is 0 Å². The maximum absolute atomic E-state index is 12.3. The van der Waals surface area contributed by atoms with Crippen molar-refractivity contribution in [1.82, 2.24) is 20.2 Å². The lowest BCUT2D eigenvalue weighted by Gasteiger charge is -2.12. The van der Waals surface area contributed by atoms with Crippen molar-refractivity contribution in [3.8, 4) is 11.4 Å². The van der Waals surface area contributed by atoms with Crippen molar-refractivity contribution >= 4 is 11.6 Å². The molecule has 0 aliphatic heterocycles. The first-order valence-corrected chi connectivity index (χ1v) is 7.85. The van der Waals surface area contributed by atoms with E-state index >= 15 is 0 Å². The predicted molar refractivity (Wildman–Crippen MR) is 94.0 cm³/mol. The third-order valence-electron chi connectivity index (χ3n) is 3.80. The van der Waals surface area contributed by atoms with E-state index in [0.29, 0.717) is 29.4 Å². The van der Waals surface area contributed by atoms with E-state index in [1.165, 1.54) is 5.56 Å². The molecule has 0 unspecified atom stereocenters. The molecule has 3 aromatic rings. The van der Waals surface area contributed by atoms with Crippen LogP contribution in [0.5, 0.6) is 5.75 Å². The van der Waals surface area contributed by atoms with Gasteiger partial charge in [-0.1, -0.05) is 29.8 Å². The van der Waals surface area contributed by atoms with Gasteiger partial charge in [0, 0.05) is 5.69 Å². The van der Waals surface area contributed by atoms with Crippen LogP contribution in [-0.2, 0) is 11.2 Å². The first-order valence-electron chi connectivity index (χ1n) is 7.85. The number of aryl methyl sites for hydroxylation is 2. The summed E-state index contributed by atoms with van der Waals surface area (Å²) in [6.45, 7) is 3.81. The number of nitrogens with one attached hydrogen (secondary N) is 1. The first kappa shape index (κ1) is 16.6. The topological polar surface area (TPSA) is 81.9 Å². The van der Waals surface area contributed by atoms with Crippen LogP contribution in [0.25, 0.3) is 5.69 Å². The summed E-state index contributed by atoms with van der Waals surface area (Å²) in [5.41, 5.74) is 3.45. The van der Waals surface area contributed by atoms with Crippen LogP contribution >= 0.6 is 0 Å². The number of rotatable bonds is 5. The minimum Gasteiger partial charge on any atom is -0.494 e. The zero-order chi connectivity index (χ0) is 17.8. The molecule has 25 heavy (non-hydrogen) atoms. The molecule has 1 heterocycles. The average molecular weight is 337 g/mol. The summed E-state index contributed by atoms with van der Waals surface area (Å²) in [5, 5.41) is 14.4. The SMILES string of the molecule is COc1ccc(NC(=O)Cc2ccc(C)cc2)cc1-n1nnnc1C. The molecule has 0 aliphatic rings. The van der Waals surface area contributed by atoms with Gasteiger partial charge in [-0.3, -0.25) is 4.79 Å². The van der Waals surface area contributed by atoms with Crippen molar-refractivity contribution in [2.45, 2.75) is 20.3 Å². The van der Waals surface area contributed by atoms with E-state index in [9.17, 15) is 4.79 Å². The van der Waals surface area contributed by atoms with Crippen LogP contribution in [0.15, 0.2) is 42.5 Å². The van der Waals surface area contributed by atoms with E-state index in [4.69, 9.17) is 4.74 Å². The molecule has 0 aliphatic carbocycles. The summed E-state index contributed by atoms with van der Waals surface area (Å²) in [7, 11) is 1.58. The Balaban J connectivity index is 1.79. The molecular formula is C18H19N5O2. The van der Waals surface area contributed by atoms with Crippen LogP contribution < -0.4 is 10.1 Å². The highest BCUT2D eigenvalue weighted by atomic mass is 16.5. The Labute approximate surface area is 145 Å². The Morgan fingerprint density at radius 2 is 1.92 bits per heavy atom. The van der Waals surface area contributed by atoms with Crippen LogP contribution in [0.1, 0.15) is 17.0 Å². The Bertz CT molecular complexity index is 887. The number of amides is 1. The maximum Gasteiger partial charge on any atom is 0.228 e. The Morgan fingerprint density at radius 3 is 2.56 bits per heavy atom. The standard InChI is InChI=1S/C18H19N5O2/c1-12-4-6-14(7-5-12)10-18(24)19-15-8-9-17(25-3)16(11-15)23-13(2)20-21-22-23/h4-9,11H,10H2,1-3H3,(H,19,24). The second kappa shape index (κ2) is 7.12. The zero-order valence-corrected chi connectivity index (χ0v) is 14.4. The molecule has 0 bridgehead atoms. The second-order valence-electron chi connectivity index (χ2n) is 5.74. The number of hydrogen-bond donors (Lipinski definition) is 1. The van der Waals surface area contributed by atoms with Gasteiger partial charge in [-0.25, -0.2) is 0 Å². The number of hydrogen-bond acceptors (Lipinski definition) is 5. The third kappa shape index (κ3) is 3.82. The molecular weight excluding hydrogens is 318 g/mol. The van der Waals surface area contributed by atoms with Gasteiger partial charge in [-0.2, -0.15) is 4.68 Å². The average Bonchev–Trinajstić information content (AvgIpc) is 3.02. The lowest BCUT2D eigenvalue weighted by molar-refractivity contribution is -0.115. The Morgan fingerprint density at radius 1 is 1.16 bits per heavy atom. The molecule has 2 aromatic carbocycles. The monoisotopic (exact) mass is 337 g/mol. The minimum atomic E-state index is -0.0894. The minimum absolute atomic E-state index is 0.0894. The van der Waals surface area contributed by atoms with Gasteiger partial charge >= 0.3 is 0 Å². The number of methoxy groups -OCH3 is 1. The summed E-state index contributed by atoms with van der Waals surface area (Å²) in [5.74, 6) is 1.15. The van der Waals surface area contributed by atoms with Gasteiger partial charge < -0.3 is 10.1 Å². The van der Waals surface area contributed by atoms with Gasteiger partial charge in [-0.05, 0) is 48.0 Å². The summed E-state index contributed by atoms with van der Waals surface area (Å²) >= 11 is 0. The zero-order valence-electron chi connectivity index (χ0n) is 14.4. The highest BCUT2D eigenvalue weighted by Crippen LogP contribution is 2.26. The summed E-state index contributed by atoms with van der Waals surface area (Å²) in [4.78, 5) is 12.3. The summed E-state index contributed by atoms with van der Waals surface area (Å²) in [6.07, 6.45) is 0.311. The number of tetrazole rings is 1. The number of nitrogens with zero attached hydrogens (tertiary/aromatic N) is 4. The first-order chi connectivity index (χ1) is 12.1. The lowest BCUT2D eigenvalue weighted by Crippen LogP contribution is -2.15. The molecule has 1 amide bonds. The smallest absolute Gasteiger partial charge is 0.228 e. The van der Waals surface area contributed by atoms with E-state index in [1.807, 2.05) is 31.2 Å². The van der Waals surface area contributed by atoms with Gasteiger partial charge in [0.2, 0.25) is 5.91 Å². The third-order valence-corrected chi connectivity index (χ3v) is 3.80. The van der Waals surface area contributed by atoms with Gasteiger partial charge in [0.25, 0.3) is 0 Å². The predicted octanol–water partition coefficient (Wildman–Crippen LogP) is 2.47. The molecule has 7 nitrogen and oxygen atoms in total. The van der Waals surface area contributed by atoms with E-state index in [-0.39, 0.29) is 5.91 Å². The molecule has 7 heteroatoms. The molecule has 1 N–H and O–H groups in total. The molecule has 1 aromatic heterocycles. The quantitative estimate of drug-likeness (QED) is 0.773. The molecule has 3 rings (SSSR count). The van der Waals surface area contributed by atoms with Crippen LogP contribution in [0.2, 0.25) is 0 Å². The molecule has 128 valence electrons. The van der Waals surface area contributed by atoms with Crippen molar-refractivity contribution in [1.29, 1.82) is 0 Å². The number of ether oxygens (including phenoxy) is 1. The van der Waals surface area contributed by atoms with Crippen molar-refractivity contribution in [3.63, 3.8) is 0 Å². The van der Waals surface area contributed by atoms with Gasteiger partial charge in [0.05, 0.1) is 13.5 Å². The van der Waals surface area contributed by atoms with Gasteiger partial charge in [0.1, 0.15) is 11.4 Å². The Kier molecular flexibility index (Phi) is 4.74. The summed E-state index contributed by atoms with van der Waals surface area (Å²) in [6, 6.07) is 13.3. The van der Waals surface area contributed by atoms with E-state index in [2.05, 4.69) is 20.8 Å². The van der Waals surface area contributed by atoms with E-state index in [1.54, 1.807) is 36.9 Å². The highest BCUT2D eigenvalue weighted by Gasteiger charge is 2.12. The number of carbonyl (C=O) groups excluding carboxylic acids is 1. The molecule has 0 radical (unpaired) electrons. The maximum atomic E-state index is 12.3. The second-order valence-corrected chi connectivity index (χ2v) is 5.74. The normalized spacial score (nSPS) is 10.5.